The Labute approximate surface area is 157 Å². The lowest BCUT2D eigenvalue weighted by Gasteiger charge is -2.08. The summed E-state index contributed by atoms with van der Waals surface area (Å²) in [6.07, 6.45) is 0. The van der Waals surface area contributed by atoms with Crippen LogP contribution in [-0.2, 0) is 4.74 Å². The fourth-order valence-corrected chi connectivity index (χ4v) is 3.19. The molecule has 0 amide bonds. The van der Waals surface area contributed by atoms with Crippen LogP contribution in [0, 0.1) is 34.6 Å². The van der Waals surface area contributed by atoms with Crippen molar-refractivity contribution in [3.8, 4) is 5.82 Å². The maximum Gasteiger partial charge on any atom is 0.338 e. The number of aromatic nitrogens is 2. The zero-order valence-electron chi connectivity index (χ0n) is 16.1. The molecule has 0 saturated carbocycles. The van der Waals surface area contributed by atoms with Crippen molar-refractivity contribution in [1.29, 1.82) is 0 Å². The number of Topliss-reactive ketones (excluding diaryl/α,β-unsaturated/α-hetero) is 1. The number of rotatable bonds is 5. The molecule has 140 valence electrons. The van der Waals surface area contributed by atoms with Gasteiger partial charge in [-0.05, 0) is 52.3 Å². The predicted octanol–water partition coefficient (Wildman–Crippen LogP) is 4.05. The van der Waals surface area contributed by atoms with Crippen LogP contribution in [0.4, 0.5) is 0 Å². The molecule has 2 aromatic heterocycles. The van der Waals surface area contributed by atoms with Crippen LogP contribution in [0.5, 0.6) is 0 Å². The van der Waals surface area contributed by atoms with Gasteiger partial charge in [0.05, 0.1) is 5.56 Å². The van der Waals surface area contributed by atoms with E-state index in [1.54, 1.807) is 18.2 Å². The summed E-state index contributed by atoms with van der Waals surface area (Å²) in [5, 5.41) is 4.00. The molecule has 6 nitrogen and oxygen atoms in total. The lowest BCUT2D eigenvalue weighted by atomic mass is 10.1. The Morgan fingerprint density at radius 1 is 1.04 bits per heavy atom. The van der Waals surface area contributed by atoms with Crippen LogP contribution in [0.25, 0.3) is 5.82 Å². The molecule has 3 rings (SSSR count). The molecule has 2 heterocycles. The topological polar surface area (TPSA) is 74.3 Å². The number of carbonyl (C=O) groups is 2. The zero-order chi connectivity index (χ0) is 19.7. The summed E-state index contributed by atoms with van der Waals surface area (Å²) in [4.78, 5) is 24.9. The van der Waals surface area contributed by atoms with Gasteiger partial charge in [-0.25, -0.2) is 4.79 Å². The highest BCUT2D eigenvalue weighted by molar-refractivity contribution is 6.00. The highest BCUT2D eigenvalue weighted by atomic mass is 16.5. The number of carbonyl (C=O) groups excluding carboxylic acids is 2. The zero-order valence-corrected chi connectivity index (χ0v) is 16.1. The van der Waals surface area contributed by atoms with Crippen molar-refractivity contribution in [2.75, 3.05) is 6.61 Å². The summed E-state index contributed by atoms with van der Waals surface area (Å²) in [6, 6.07) is 9.04. The second-order valence-corrected chi connectivity index (χ2v) is 6.73. The Morgan fingerprint density at radius 3 is 2.41 bits per heavy atom. The molecule has 3 aromatic rings. The van der Waals surface area contributed by atoms with Crippen molar-refractivity contribution < 1.29 is 18.8 Å². The van der Waals surface area contributed by atoms with Crippen LogP contribution >= 0.6 is 0 Å². The molecule has 0 radical (unpaired) electrons. The minimum Gasteiger partial charge on any atom is -0.454 e. The van der Waals surface area contributed by atoms with Crippen LogP contribution in [0.2, 0.25) is 0 Å². The smallest absolute Gasteiger partial charge is 0.338 e. The maximum atomic E-state index is 12.6. The van der Waals surface area contributed by atoms with Crippen molar-refractivity contribution in [3.05, 3.63) is 69.7 Å². The summed E-state index contributed by atoms with van der Waals surface area (Å²) in [5.41, 5.74) is 4.44. The Bertz CT molecular complexity index is 1030. The Morgan fingerprint density at radius 2 is 1.78 bits per heavy atom. The van der Waals surface area contributed by atoms with Gasteiger partial charge in [-0.2, -0.15) is 0 Å². The van der Waals surface area contributed by atoms with Crippen molar-refractivity contribution >= 4 is 11.8 Å². The Kier molecular flexibility index (Phi) is 4.99. The van der Waals surface area contributed by atoms with Gasteiger partial charge in [0.2, 0.25) is 5.78 Å². The first-order valence-corrected chi connectivity index (χ1v) is 8.68. The number of benzene rings is 1. The quantitative estimate of drug-likeness (QED) is 0.503. The SMILES string of the molecule is Cc1ccc(C(=O)OCC(=O)c2cc(C)n(-c3cc(C)on3)c2C)c(C)c1. The maximum absolute atomic E-state index is 12.6. The third kappa shape index (κ3) is 3.69. The van der Waals surface area contributed by atoms with E-state index >= 15 is 0 Å². The first-order valence-electron chi connectivity index (χ1n) is 8.68. The van der Waals surface area contributed by atoms with Crippen LogP contribution < -0.4 is 0 Å². The third-order valence-corrected chi connectivity index (χ3v) is 4.51. The molecule has 0 fully saturated rings. The number of ether oxygens (including phenoxy) is 1. The fourth-order valence-electron chi connectivity index (χ4n) is 3.19. The molecule has 0 unspecified atom stereocenters. The van der Waals surface area contributed by atoms with Gasteiger partial charge in [-0.1, -0.05) is 22.9 Å². The van der Waals surface area contributed by atoms with Crippen molar-refractivity contribution in [3.63, 3.8) is 0 Å². The molecule has 0 spiro atoms. The summed E-state index contributed by atoms with van der Waals surface area (Å²) < 4.78 is 12.2. The third-order valence-electron chi connectivity index (χ3n) is 4.51. The van der Waals surface area contributed by atoms with Gasteiger partial charge in [0.25, 0.3) is 0 Å². The van der Waals surface area contributed by atoms with E-state index in [9.17, 15) is 9.59 Å². The van der Waals surface area contributed by atoms with Gasteiger partial charge in [0.1, 0.15) is 5.76 Å². The summed E-state index contributed by atoms with van der Waals surface area (Å²) in [5.74, 6) is 0.552. The molecular weight excluding hydrogens is 344 g/mol. The van der Waals surface area contributed by atoms with E-state index in [2.05, 4.69) is 5.16 Å². The largest absolute Gasteiger partial charge is 0.454 e. The highest BCUT2D eigenvalue weighted by Crippen LogP contribution is 2.21. The molecule has 0 atom stereocenters. The molecule has 0 aliphatic carbocycles. The Balaban J connectivity index is 1.76. The van der Waals surface area contributed by atoms with Gasteiger partial charge in [0.15, 0.2) is 12.4 Å². The van der Waals surface area contributed by atoms with E-state index in [0.717, 1.165) is 22.5 Å². The number of hydrogen-bond acceptors (Lipinski definition) is 5. The number of ketones is 1. The van der Waals surface area contributed by atoms with E-state index in [4.69, 9.17) is 9.26 Å². The van der Waals surface area contributed by atoms with Crippen LogP contribution in [0.15, 0.2) is 34.9 Å². The Hall–Kier alpha value is -3.15. The van der Waals surface area contributed by atoms with Crippen LogP contribution in [0.3, 0.4) is 0 Å². The van der Waals surface area contributed by atoms with E-state index in [1.165, 1.54) is 0 Å². The van der Waals surface area contributed by atoms with Crippen molar-refractivity contribution in [2.24, 2.45) is 0 Å². The van der Waals surface area contributed by atoms with Crippen LogP contribution in [0.1, 0.15) is 49.0 Å². The van der Waals surface area contributed by atoms with Crippen molar-refractivity contribution in [2.45, 2.75) is 34.6 Å². The second-order valence-electron chi connectivity index (χ2n) is 6.73. The second kappa shape index (κ2) is 7.23. The van der Waals surface area contributed by atoms with Gasteiger partial charge < -0.3 is 9.26 Å². The summed E-state index contributed by atoms with van der Waals surface area (Å²) in [7, 11) is 0. The number of hydrogen-bond donors (Lipinski definition) is 0. The first kappa shape index (κ1) is 18.6. The minimum atomic E-state index is -0.498. The van der Waals surface area contributed by atoms with E-state index in [1.807, 2.05) is 51.3 Å². The average Bonchev–Trinajstić information content (AvgIpc) is 3.15. The molecule has 0 bridgehead atoms. The lowest BCUT2D eigenvalue weighted by Crippen LogP contribution is -2.15. The molecule has 0 aliphatic rings. The molecule has 27 heavy (non-hydrogen) atoms. The highest BCUT2D eigenvalue weighted by Gasteiger charge is 2.20. The summed E-state index contributed by atoms with van der Waals surface area (Å²) >= 11 is 0. The van der Waals surface area contributed by atoms with Gasteiger partial charge in [0, 0.05) is 23.0 Å². The molecular formula is C21H22N2O4. The van der Waals surface area contributed by atoms with Gasteiger partial charge in [-0.15, -0.1) is 0 Å². The first-order chi connectivity index (χ1) is 12.8. The number of aryl methyl sites for hydroxylation is 4. The van der Waals surface area contributed by atoms with Crippen molar-refractivity contribution in [1.82, 2.24) is 9.72 Å². The van der Waals surface area contributed by atoms with E-state index in [0.29, 0.717) is 22.7 Å². The average molecular weight is 366 g/mol. The standard InChI is InChI=1S/C21H22N2O4/c1-12-6-7-17(13(2)8-12)21(25)26-11-19(24)18-9-14(3)23(16(18)5)20-10-15(4)27-22-20/h6-10H,11H2,1-5H3. The molecule has 0 saturated heterocycles. The lowest BCUT2D eigenvalue weighted by molar-refractivity contribution is 0.0474. The molecule has 0 N–H and O–H groups in total. The van der Waals surface area contributed by atoms with Gasteiger partial charge >= 0.3 is 5.97 Å². The minimum absolute atomic E-state index is 0.257. The predicted molar refractivity (Wildman–Crippen MR) is 101 cm³/mol. The van der Waals surface area contributed by atoms with Gasteiger partial charge in [-0.3, -0.25) is 9.36 Å². The van der Waals surface area contributed by atoms with E-state index < -0.39 is 5.97 Å². The summed E-state index contributed by atoms with van der Waals surface area (Å²) in [6.45, 7) is 9.01. The number of nitrogens with zero attached hydrogens (tertiary/aromatic N) is 2. The number of esters is 1. The normalized spacial score (nSPS) is 10.9. The van der Waals surface area contributed by atoms with Crippen LogP contribution in [-0.4, -0.2) is 28.1 Å². The molecule has 6 heteroatoms. The van der Waals surface area contributed by atoms with E-state index in [-0.39, 0.29) is 12.4 Å². The monoisotopic (exact) mass is 366 g/mol. The molecule has 0 aliphatic heterocycles. The molecule has 1 aromatic carbocycles. The fraction of sp³-hybridized carbons (Fsp3) is 0.286.